The van der Waals surface area contributed by atoms with Crippen molar-refractivity contribution in [2.75, 3.05) is 6.61 Å². The zero-order valence-electron chi connectivity index (χ0n) is 7.88. The third kappa shape index (κ3) is 2.82. The minimum atomic E-state index is 0.626. The summed E-state index contributed by atoms with van der Waals surface area (Å²) in [6.45, 7) is 10.2. The van der Waals surface area contributed by atoms with Crippen molar-refractivity contribution in [3.63, 3.8) is 0 Å². The Hall–Kier alpha value is -1.44. The first kappa shape index (κ1) is 9.65. The molecule has 1 aromatic heterocycles. The topological polar surface area (TPSA) is 22.4 Å². The average molecular weight is 178 g/mol. The smallest absolute Gasteiger partial charge is 0.129 e. The van der Waals surface area contributed by atoms with Gasteiger partial charge in [0.1, 0.15) is 5.76 Å². The van der Waals surface area contributed by atoms with E-state index in [-0.39, 0.29) is 0 Å². The van der Waals surface area contributed by atoms with E-state index in [0.29, 0.717) is 13.0 Å². The van der Waals surface area contributed by atoms with E-state index in [1.807, 2.05) is 19.1 Å². The van der Waals surface area contributed by atoms with Crippen molar-refractivity contribution in [3.05, 3.63) is 43.1 Å². The van der Waals surface area contributed by atoms with Gasteiger partial charge in [-0.15, -0.1) is 0 Å². The van der Waals surface area contributed by atoms with Crippen LogP contribution in [0.15, 0.2) is 41.7 Å². The number of ether oxygens (including phenoxy) is 1. The molecule has 2 heteroatoms. The number of hydrogen-bond acceptors (Lipinski definition) is 2. The summed E-state index contributed by atoms with van der Waals surface area (Å²) in [6, 6.07) is 3.71. The van der Waals surface area contributed by atoms with Crippen LogP contribution in [0.25, 0.3) is 5.57 Å². The van der Waals surface area contributed by atoms with Gasteiger partial charge in [0.05, 0.1) is 18.6 Å². The van der Waals surface area contributed by atoms with E-state index in [1.54, 1.807) is 6.26 Å². The number of furan rings is 1. The highest BCUT2D eigenvalue weighted by Gasteiger charge is 2.03. The molecule has 1 rings (SSSR count). The van der Waals surface area contributed by atoms with Crippen LogP contribution < -0.4 is 0 Å². The average Bonchev–Trinajstić information content (AvgIpc) is 2.55. The number of hydrogen-bond donors (Lipinski definition) is 0. The minimum Gasteiger partial charge on any atom is -0.498 e. The molecule has 0 aliphatic rings. The van der Waals surface area contributed by atoms with Gasteiger partial charge in [-0.25, -0.2) is 0 Å². The maximum atomic E-state index is 5.21. The Kier molecular flexibility index (Phi) is 3.38. The Morgan fingerprint density at radius 3 is 2.85 bits per heavy atom. The van der Waals surface area contributed by atoms with E-state index in [4.69, 9.17) is 9.15 Å². The van der Waals surface area contributed by atoms with E-state index < -0.39 is 0 Å². The Balaban J connectivity index is 2.47. The van der Waals surface area contributed by atoms with Crippen LogP contribution in [-0.4, -0.2) is 6.61 Å². The highest BCUT2D eigenvalue weighted by Crippen LogP contribution is 2.20. The van der Waals surface area contributed by atoms with Crippen molar-refractivity contribution in [2.45, 2.75) is 13.3 Å². The van der Waals surface area contributed by atoms with E-state index in [2.05, 4.69) is 13.2 Å². The quantitative estimate of drug-likeness (QED) is 0.646. The summed E-state index contributed by atoms with van der Waals surface area (Å²) < 4.78 is 10.4. The second kappa shape index (κ2) is 4.55. The normalized spacial score (nSPS) is 9.62. The Bertz CT molecular complexity index is 283. The van der Waals surface area contributed by atoms with Crippen LogP contribution in [0.2, 0.25) is 0 Å². The first-order valence-corrected chi connectivity index (χ1v) is 4.26. The molecule has 0 saturated carbocycles. The molecular weight excluding hydrogens is 164 g/mol. The Morgan fingerprint density at radius 2 is 2.31 bits per heavy atom. The van der Waals surface area contributed by atoms with Crippen molar-refractivity contribution in [1.29, 1.82) is 0 Å². The van der Waals surface area contributed by atoms with Crippen molar-refractivity contribution < 1.29 is 9.15 Å². The molecule has 0 saturated heterocycles. The zero-order valence-corrected chi connectivity index (χ0v) is 7.88. The molecule has 0 fully saturated rings. The van der Waals surface area contributed by atoms with Crippen LogP contribution in [0, 0.1) is 0 Å². The van der Waals surface area contributed by atoms with Crippen LogP contribution in [0.4, 0.5) is 0 Å². The van der Waals surface area contributed by atoms with Crippen LogP contribution in [0.3, 0.4) is 0 Å². The predicted octanol–water partition coefficient (Wildman–Crippen LogP) is 3.23. The summed E-state index contributed by atoms with van der Waals surface area (Å²) in [4.78, 5) is 0. The van der Waals surface area contributed by atoms with Gasteiger partial charge in [0, 0.05) is 6.42 Å². The third-order valence-electron chi connectivity index (χ3n) is 1.63. The molecule has 1 heterocycles. The van der Waals surface area contributed by atoms with Crippen molar-refractivity contribution in [3.8, 4) is 0 Å². The van der Waals surface area contributed by atoms with Gasteiger partial charge in [-0.2, -0.15) is 0 Å². The molecule has 0 atom stereocenters. The van der Waals surface area contributed by atoms with Gasteiger partial charge in [-0.05, 0) is 24.6 Å². The zero-order chi connectivity index (χ0) is 9.68. The highest BCUT2D eigenvalue weighted by atomic mass is 16.5. The van der Waals surface area contributed by atoms with Crippen molar-refractivity contribution in [2.24, 2.45) is 0 Å². The molecule has 13 heavy (non-hydrogen) atoms. The summed E-state index contributed by atoms with van der Waals surface area (Å²) in [6.07, 6.45) is 2.26. The molecule has 0 N–H and O–H groups in total. The minimum absolute atomic E-state index is 0.626. The number of rotatable bonds is 5. The summed E-state index contributed by atoms with van der Waals surface area (Å²) in [5.41, 5.74) is 0.892. The Morgan fingerprint density at radius 1 is 1.54 bits per heavy atom. The molecule has 0 aliphatic carbocycles. The molecule has 0 amide bonds. The molecule has 0 aliphatic heterocycles. The van der Waals surface area contributed by atoms with Gasteiger partial charge in [0.15, 0.2) is 0 Å². The van der Waals surface area contributed by atoms with Crippen LogP contribution >= 0.6 is 0 Å². The standard InChI is InChI=1S/C11H14O2/c1-4-12-10(3)8-9(2)11-6-5-7-13-11/h5-7H,2-4,8H2,1H3. The largest absolute Gasteiger partial charge is 0.498 e. The summed E-state index contributed by atoms with van der Waals surface area (Å²) >= 11 is 0. The van der Waals surface area contributed by atoms with E-state index in [1.165, 1.54) is 0 Å². The Labute approximate surface area is 78.5 Å². The van der Waals surface area contributed by atoms with Crippen LogP contribution in [0.5, 0.6) is 0 Å². The third-order valence-corrected chi connectivity index (χ3v) is 1.63. The van der Waals surface area contributed by atoms with Gasteiger partial charge in [-0.3, -0.25) is 0 Å². The highest BCUT2D eigenvalue weighted by molar-refractivity contribution is 5.60. The molecule has 0 bridgehead atoms. The lowest BCUT2D eigenvalue weighted by atomic mass is 10.1. The second-order valence-corrected chi connectivity index (χ2v) is 2.73. The summed E-state index contributed by atoms with van der Waals surface area (Å²) in [5.74, 6) is 1.52. The summed E-state index contributed by atoms with van der Waals surface area (Å²) in [5, 5.41) is 0. The van der Waals surface area contributed by atoms with Gasteiger partial charge in [-0.1, -0.05) is 13.2 Å². The predicted molar refractivity (Wildman–Crippen MR) is 53.1 cm³/mol. The fourth-order valence-electron chi connectivity index (χ4n) is 1.06. The lowest BCUT2D eigenvalue weighted by molar-refractivity contribution is 0.227. The fourth-order valence-corrected chi connectivity index (χ4v) is 1.06. The maximum absolute atomic E-state index is 5.21. The molecule has 70 valence electrons. The van der Waals surface area contributed by atoms with Crippen molar-refractivity contribution in [1.82, 2.24) is 0 Å². The van der Waals surface area contributed by atoms with Gasteiger partial charge >= 0.3 is 0 Å². The van der Waals surface area contributed by atoms with Gasteiger partial charge in [0.2, 0.25) is 0 Å². The van der Waals surface area contributed by atoms with Crippen LogP contribution in [-0.2, 0) is 4.74 Å². The number of allylic oxidation sites excluding steroid dienone is 1. The second-order valence-electron chi connectivity index (χ2n) is 2.73. The maximum Gasteiger partial charge on any atom is 0.129 e. The fraction of sp³-hybridized carbons (Fsp3) is 0.273. The molecule has 0 aromatic carbocycles. The molecule has 2 nitrogen and oxygen atoms in total. The van der Waals surface area contributed by atoms with E-state index in [9.17, 15) is 0 Å². The molecule has 1 aromatic rings. The van der Waals surface area contributed by atoms with Crippen LogP contribution in [0.1, 0.15) is 19.1 Å². The monoisotopic (exact) mass is 178 g/mol. The first-order chi connectivity index (χ1) is 6.24. The SMILES string of the molecule is C=C(CC(=C)c1ccco1)OCC. The van der Waals surface area contributed by atoms with Gasteiger partial charge in [0.25, 0.3) is 0 Å². The lowest BCUT2D eigenvalue weighted by Gasteiger charge is -2.06. The van der Waals surface area contributed by atoms with Crippen molar-refractivity contribution >= 4 is 5.57 Å². The molecule has 0 unspecified atom stereocenters. The molecule has 0 spiro atoms. The first-order valence-electron chi connectivity index (χ1n) is 4.26. The molecular formula is C11H14O2. The lowest BCUT2D eigenvalue weighted by Crippen LogP contribution is -1.91. The molecule has 0 radical (unpaired) electrons. The summed E-state index contributed by atoms with van der Waals surface area (Å²) in [7, 11) is 0. The van der Waals surface area contributed by atoms with Gasteiger partial charge < -0.3 is 9.15 Å². The van der Waals surface area contributed by atoms with E-state index >= 15 is 0 Å². The van der Waals surface area contributed by atoms with E-state index in [0.717, 1.165) is 17.1 Å².